The molecule has 2 nitrogen and oxygen atoms in total. The van der Waals surface area contributed by atoms with E-state index in [4.69, 9.17) is 9.47 Å². The minimum atomic E-state index is -0.235. The van der Waals surface area contributed by atoms with Gasteiger partial charge in [-0.2, -0.15) is 0 Å². The van der Waals surface area contributed by atoms with Crippen molar-refractivity contribution in [1.82, 2.24) is 0 Å². The number of rotatable bonds is 0. The summed E-state index contributed by atoms with van der Waals surface area (Å²) in [6.45, 7) is 9.78. The van der Waals surface area contributed by atoms with Crippen molar-refractivity contribution in [2.24, 2.45) is 11.3 Å². The molecule has 0 aromatic heterocycles. The molecule has 0 bridgehead atoms. The summed E-state index contributed by atoms with van der Waals surface area (Å²) < 4.78 is 12.2. The molecular weight excluding hydrogens is 188 g/mol. The molecule has 0 amide bonds. The maximum Gasteiger partial charge on any atom is 0.168 e. The van der Waals surface area contributed by atoms with E-state index in [2.05, 4.69) is 27.7 Å². The average molecular weight is 212 g/mol. The van der Waals surface area contributed by atoms with Gasteiger partial charge in [-0.05, 0) is 25.7 Å². The Morgan fingerprint density at radius 3 is 2.20 bits per heavy atom. The van der Waals surface area contributed by atoms with Crippen LogP contribution in [0.1, 0.15) is 53.4 Å². The largest absolute Gasteiger partial charge is 0.349 e. The van der Waals surface area contributed by atoms with E-state index >= 15 is 0 Å². The van der Waals surface area contributed by atoms with Gasteiger partial charge in [-0.25, -0.2) is 0 Å². The van der Waals surface area contributed by atoms with Crippen LogP contribution in [0, 0.1) is 11.3 Å². The van der Waals surface area contributed by atoms with Gasteiger partial charge in [0.25, 0.3) is 0 Å². The highest BCUT2D eigenvalue weighted by Gasteiger charge is 2.45. The van der Waals surface area contributed by atoms with Crippen LogP contribution in [0.2, 0.25) is 0 Å². The van der Waals surface area contributed by atoms with Crippen molar-refractivity contribution in [1.29, 1.82) is 0 Å². The first-order valence-corrected chi connectivity index (χ1v) is 6.25. The van der Waals surface area contributed by atoms with Crippen LogP contribution >= 0.6 is 0 Å². The molecule has 2 heteroatoms. The fourth-order valence-corrected chi connectivity index (χ4v) is 2.41. The van der Waals surface area contributed by atoms with Gasteiger partial charge in [0, 0.05) is 18.3 Å². The number of hydrogen-bond acceptors (Lipinski definition) is 2. The molecule has 1 spiro atoms. The third-order valence-electron chi connectivity index (χ3n) is 4.24. The molecule has 0 radical (unpaired) electrons. The van der Waals surface area contributed by atoms with Crippen LogP contribution in [0.15, 0.2) is 0 Å². The molecule has 15 heavy (non-hydrogen) atoms. The summed E-state index contributed by atoms with van der Waals surface area (Å²) in [5.41, 5.74) is 0.161. The Bertz CT molecular complexity index is 227. The van der Waals surface area contributed by atoms with Crippen molar-refractivity contribution in [2.45, 2.75) is 65.3 Å². The average Bonchev–Trinajstić information content (AvgIpc) is 2.18. The topological polar surface area (TPSA) is 18.5 Å². The van der Waals surface area contributed by atoms with Gasteiger partial charge in [0.15, 0.2) is 5.79 Å². The molecule has 2 rings (SSSR count). The molecule has 0 unspecified atom stereocenters. The van der Waals surface area contributed by atoms with Gasteiger partial charge in [-0.1, -0.05) is 20.8 Å². The SMILES string of the molecule is CC1CCC2(CC1)OCC(C)(C)[C@@H](C)O2. The third-order valence-corrected chi connectivity index (χ3v) is 4.24. The molecule has 88 valence electrons. The van der Waals surface area contributed by atoms with Gasteiger partial charge in [-0.3, -0.25) is 0 Å². The van der Waals surface area contributed by atoms with Gasteiger partial charge in [-0.15, -0.1) is 0 Å². The van der Waals surface area contributed by atoms with Gasteiger partial charge in [0.05, 0.1) is 12.7 Å². The molecule has 2 aliphatic rings. The normalized spacial score (nSPS) is 45.6. The summed E-state index contributed by atoms with van der Waals surface area (Å²) in [6, 6.07) is 0. The highest BCUT2D eigenvalue weighted by molar-refractivity contribution is 4.88. The third kappa shape index (κ3) is 2.21. The van der Waals surface area contributed by atoms with Crippen LogP contribution in [0.3, 0.4) is 0 Å². The molecule has 1 heterocycles. The summed E-state index contributed by atoms with van der Waals surface area (Å²) in [4.78, 5) is 0. The van der Waals surface area contributed by atoms with E-state index in [-0.39, 0.29) is 11.2 Å². The quantitative estimate of drug-likeness (QED) is 0.613. The number of ether oxygens (including phenoxy) is 2. The molecule has 0 aromatic rings. The zero-order valence-corrected chi connectivity index (χ0v) is 10.5. The summed E-state index contributed by atoms with van der Waals surface area (Å²) in [6.07, 6.45) is 4.95. The molecule has 2 fully saturated rings. The van der Waals surface area contributed by atoms with Gasteiger partial charge in [0.2, 0.25) is 0 Å². The van der Waals surface area contributed by atoms with Crippen LogP contribution in [-0.2, 0) is 9.47 Å². The van der Waals surface area contributed by atoms with Crippen LogP contribution in [0.25, 0.3) is 0 Å². The first kappa shape index (κ1) is 11.4. The second-order valence-corrected chi connectivity index (χ2v) is 6.13. The Morgan fingerprint density at radius 2 is 1.67 bits per heavy atom. The Labute approximate surface area is 93.3 Å². The summed E-state index contributed by atoms with van der Waals surface area (Å²) >= 11 is 0. The molecule has 1 aliphatic heterocycles. The predicted molar refractivity (Wildman–Crippen MR) is 60.6 cm³/mol. The van der Waals surface area contributed by atoms with E-state index in [9.17, 15) is 0 Å². The minimum absolute atomic E-state index is 0.161. The van der Waals surface area contributed by atoms with E-state index in [0.717, 1.165) is 25.4 Å². The van der Waals surface area contributed by atoms with Crippen molar-refractivity contribution in [3.05, 3.63) is 0 Å². The van der Waals surface area contributed by atoms with Crippen LogP contribution < -0.4 is 0 Å². The highest BCUT2D eigenvalue weighted by atomic mass is 16.7. The monoisotopic (exact) mass is 212 g/mol. The molecule has 1 atom stereocenters. The lowest BCUT2D eigenvalue weighted by Gasteiger charge is -2.49. The molecular formula is C13H24O2. The van der Waals surface area contributed by atoms with Crippen LogP contribution in [-0.4, -0.2) is 18.5 Å². The molecule has 1 aliphatic carbocycles. The summed E-state index contributed by atoms with van der Waals surface area (Å²) in [5, 5.41) is 0. The lowest BCUT2D eigenvalue weighted by atomic mass is 9.82. The summed E-state index contributed by atoms with van der Waals surface area (Å²) in [5.74, 6) is 0.606. The van der Waals surface area contributed by atoms with E-state index in [1.807, 2.05) is 0 Å². The highest BCUT2D eigenvalue weighted by Crippen LogP contribution is 2.43. The fraction of sp³-hybridized carbons (Fsp3) is 1.00. The lowest BCUT2D eigenvalue weighted by molar-refractivity contribution is -0.337. The van der Waals surface area contributed by atoms with Crippen LogP contribution in [0.4, 0.5) is 0 Å². The van der Waals surface area contributed by atoms with E-state index in [0.29, 0.717) is 6.10 Å². The number of hydrogen-bond donors (Lipinski definition) is 0. The van der Waals surface area contributed by atoms with Gasteiger partial charge in [0.1, 0.15) is 0 Å². The van der Waals surface area contributed by atoms with Crippen molar-refractivity contribution < 1.29 is 9.47 Å². The molecule has 1 saturated carbocycles. The maximum absolute atomic E-state index is 6.16. The second-order valence-electron chi connectivity index (χ2n) is 6.13. The maximum atomic E-state index is 6.16. The molecule has 1 saturated heterocycles. The Morgan fingerprint density at radius 1 is 1.07 bits per heavy atom. The molecule has 0 N–H and O–H groups in total. The summed E-state index contributed by atoms with van der Waals surface area (Å²) in [7, 11) is 0. The van der Waals surface area contributed by atoms with Crippen molar-refractivity contribution in [3.8, 4) is 0 Å². The van der Waals surface area contributed by atoms with Crippen LogP contribution in [0.5, 0.6) is 0 Å². The van der Waals surface area contributed by atoms with Crippen molar-refractivity contribution in [3.63, 3.8) is 0 Å². The Balaban J connectivity index is 2.01. The Kier molecular flexibility index (Phi) is 2.85. The minimum Gasteiger partial charge on any atom is -0.349 e. The predicted octanol–water partition coefficient (Wildman–Crippen LogP) is 3.35. The first-order chi connectivity index (χ1) is 6.94. The Hall–Kier alpha value is -0.0800. The second kappa shape index (κ2) is 3.74. The zero-order chi connectivity index (χ0) is 11.1. The standard InChI is InChI=1S/C13H24O2/c1-10-5-7-13(8-6-10)14-9-12(3,4)11(2)15-13/h10-11H,5-9H2,1-4H3/t10?,11-,13?/m1/s1. The lowest BCUT2D eigenvalue weighted by Crippen LogP contribution is -2.53. The van der Waals surface area contributed by atoms with E-state index in [1.165, 1.54) is 12.8 Å². The van der Waals surface area contributed by atoms with Crippen molar-refractivity contribution >= 4 is 0 Å². The smallest absolute Gasteiger partial charge is 0.168 e. The first-order valence-electron chi connectivity index (χ1n) is 6.25. The van der Waals surface area contributed by atoms with Crippen molar-refractivity contribution in [2.75, 3.05) is 6.61 Å². The zero-order valence-electron chi connectivity index (χ0n) is 10.5. The fourth-order valence-electron chi connectivity index (χ4n) is 2.41. The van der Waals surface area contributed by atoms with Gasteiger partial charge < -0.3 is 9.47 Å². The van der Waals surface area contributed by atoms with E-state index in [1.54, 1.807) is 0 Å². The molecule has 0 aromatic carbocycles. The van der Waals surface area contributed by atoms with E-state index < -0.39 is 0 Å². The van der Waals surface area contributed by atoms with Gasteiger partial charge >= 0.3 is 0 Å².